The SMILES string of the molecule is Cc1noc(C)c1CC(=O)Nc1nc(C(=O)NCc2ccc3c(c2)OCO3)co1. The second kappa shape index (κ2) is 7.66. The number of oxazole rings is 1. The van der Waals surface area contributed by atoms with Gasteiger partial charge in [0, 0.05) is 12.1 Å². The summed E-state index contributed by atoms with van der Waals surface area (Å²) < 4.78 is 20.8. The summed E-state index contributed by atoms with van der Waals surface area (Å²) in [6.07, 6.45) is 1.25. The number of rotatable bonds is 6. The van der Waals surface area contributed by atoms with Gasteiger partial charge in [-0.3, -0.25) is 14.9 Å². The average molecular weight is 398 g/mol. The van der Waals surface area contributed by atoms with Crippen molar-refractivity contribution < 1.29 is 28.0 Å². The molecular weight excluding hydrogens is 380 g/mol. The van der Waals surface area contributed by atoms with Crippen molar-refractivity contribution in [2.24, 2.45) is 0 Å². The first-order valence-electron chi connectivity index (χ1n) is 8.83. The molecule has 0 bridgehead atoms. The Morgan fingerprint density at radius 1 is 1.17 bits per heavy atom. The van der Waals surface area contributed by atoms with Crippen LogP contribution in [-0.4, -0.2) is 28.7 Å². The Morgan fingerprint density at radius 2 is 2.00 bits per heavy atom. The third kappa shape index (κ3) is 4.05. The van der Waals surface area contributed by atoms with Crippen LogP contribution in [0.1, 0.15) is 33.1 Å². The standard InChI is InChI=1S/C19H18N4O6/c1-10-13(11(2)29-23-10)6-17(24)22-19-21-14(8-26-19)18(25)20-7-12-3-4-15-16(5-12)28-9-27-15/h3-5,8H,6-7,9H2,1-2H3,(H,20,25)(H,21,22,24). The first-order chi connectivity index (χ1) is 14.0. The van der Waals surface area contributed by atoms with Crippen molar-refractivity contribution in [3.8, 4) is 11.5 Å². The Hall–Kier alpha value is -3.82. The number of ether oxygens (including phenoxy) is 2. The molecule has 2 N–H and O–H groups in total. The molecular formula is C19H18N4O6. The third-order valence-corrected chi connectivity index (χ3v) is 4.39. The Bertz CT molecular complexity index is 1050. The normalized spacial score (nSPS) is 12.1. The number of amides is 2. The number of aryl methyl sites for hydroxylation is 2. The minimum absolute atomic E-state index is 0.0541. The number of carbonyl (C=O) groups is 2. The quantitative estimate of drug-likeness (QED) is 0.646. The second-order valence-electron chi connectivity index (χ2n) is 6.44. The summed E-state index contributed by atoms with van der Waals surface area (Å²) >= 11 is 0. The van der Waals surface area contributed by atoms with Crippen LogP contribution in [0, 0.1) is 13.8 Å². The smallest absolute Gasteiger partial charge is 0.302 e. The van der Waals surface area contributed by atoms with Gasteiger partial charge in [0.25, 0.3) is 5.91 Å². The number of benzene rings is 1. The maximum Gasteiger partial charge on any atom is 0.302 e. The molecule has 0 unspecified atom stereocenters. The Balaban J connectivity index is 1.32. The fraction of sp³-hybridized carbons (Fsp3) is 0.263. The minimum atomic E-state index is -0.433. The lowest BCUT2D eigenvalue weighted by molar-refractivity contribution is -0.115. The van der Waals surface area contributed by atoms with Gasteiger partial charge in [0.05, 0.1) is 12.1 Å². The Labute approximate surface area is 165 Å². The summed E-state index contributed by atoms with van der Waals surface area (Å²) in [6, 6.07) is 5.35. The lowest BCUT2D eigenvalue weighted by atomic mass is 10.1. The highest BCUT2D eigenvalue weighted by Gasteiger charge is 2.18. The van der Waals surface area contributed by atoms with Crippen molar-refractivity contribution in [1.82, 2.24) is 15.5 Å². The van der Waals surface area contributed by atoms with E-state index < -0.39 is 5.91 Å². The summed E-state index contributed by atoms with van der Waals surface area (Å²) in [5.74, 6) is 1.11. The summed E-state index contributed by atoms with van der Waals surface area (Å²) in [5.41, 5.74) is 2.25. The van der Waals surface area contributed by atoms with E-state index in [1.54, 1.807) is 26.0 Å². The van der Waals surface area contributed by atoms with Gasteiger partial charge in [-0.2, -0.15) is 4.98 Å². The van der Waals surface area contributed by atoms with E-state index in [0.29, 0.717) is 28.5 Å². The fourth-order valence-electron chi connectivity index (χ4n) is 2.84. The van der Waals surface area contributed by atoms with Crippen molar-refractivity contribution >= 4 is 17.8 Å². The summed E-state index contributed by atoms with van der Waals surface area (Å²) in [7, 11) is 0. The predicted molar refractivity (Wildman–Crippen MR) is 98.5 cm³/mol. The Kier molecular flexibility index (Phi) is 4.90. The van der Waals surface area contributed by atoms with Crippen molar-refractivity contribution in [2.45, 2.75) is 26.8 Å². The minimum Gasteiger partial charge on any atom is -0.454 e. The van der Waals surface area contributed by atoms with E-state index >= 15 is 0 Å². The van der Waals surface area contributed by atoms with Gasteiger partial charge in [-0.15, -0.1) is 0 Å². The van der Waals surface area contributed by atoms with Crippen LogP contribution < -0.4 is 20.1 Å². The molecule has 150 valence electrons. The third-order valence-electron chi connectivity index (χ3n) is 4.39. The van der Waals surface area contributed by atoms with Crippen LogP contribution in [0.2, 0.25) is 0 Å². The van der Waals surface area contributed by atoms with Gasteiger partial charge in [0.2, 0.25) is 12.7 Å². The van der Waals surface area contributed by atoms with Crippen molar-refractivity contribution in [2.75, 3.05) is 12.1 Å². The average Bonchev–Trinajstić information content (AvgIpc) is 3.43. The van der Waals surface area contributed by atoms with Gasteiger partial charge in [-0.05, 0) is 31.5 Å². The van der Waals surface area contributed by atoms with Gasteiger partial charge in [-0.25, -0.2) is 0 Å². The van der Waals surface area contributed by atoms with Gasteiger partial charge < -0.3 is 23.7 Å². The lowest BCUT2D eigenvalue weighted by Crippen LogP contribution is -2.23. The van der Waals surface area contributed by atoms with Crippen molar-refractivity contribution in [3.05, 3.63) is 52.7 Å². The molecule has 0 saturated carbocycles. The maximum absolute atomic E-state index is 12.3. The largest absolute Gasteiger partial charge is 0.454 e. The van der Waals surface area contributed by atoms with Crippen LogP contribution in [0.4, 0.5) is 6.01 Å². The monoisotopic (exact) mass is 398 g/mol. The summed E-state index contributed by atoms with van der Waals surface area (Å²) in [4.78, 5) is 28.4. The van der Waals surface area contributed by atoms with Crippen LogP contribution in [-0.2, 0) is 17.8 Å². The number of aromatic nitrogens is 2. The number of nitrogens with zero attached hydrogens (tertiary/aromatic N) is 2. The lowest BCUT2D eigenvalue weighted by Gasteiger charge is -2.04. The molecule has 1 aromatic carbocycles. The molecule has 0 fully saturated rings. The second-order valence-corrected chi connectivity index (χ2v) is 6.44. The van der Waals surface area contributed by atoms with E-state index in [-0.39, 0.29) is 37.4 Å². The zero-order valence-corrected chi connectivity index (χ0v) is 15.8. The fourth-order valence-corrected chi connectivity index (χ4v) is 2.84. The molecule has 2 amide bonds. The highest BCUT2D eigenvalue weighted by Crippen LogP contribution is 2.32. The highest BCUT2D eigenvalue weighted by atomic mass is 16.7. The topological polar surface area (TPSA) is 129 Å². The first-order valence-corrected chi connectivity index (χ1v) is 8.83. The van der Waals surface area contributed by atoms with Gasteiger partial charge >= 0.3 is 6.01 Å². The van der Waals surface area contributed by atoms with Crippen molar-refractivity contribution in [1.29, 1.82) is 0 Å². The molecule has 0 radical (unpaired) electrons. The number of fused-ring (bicyclic) bond motifs is 1. The molecule has 1 aliphatic heterocycles. The van der Waals surface area contributed by atoms with Crippen molar-refractivity contribution in [3.63, 3.8) is 0 Å². The van der Waals surface area contributed by atoms with Crippen LogP contribution >= 0.6 is 0 Å². The maximum atomic E-state index is 12.3. The molecule has 10 heteroatoms. The summed E-state index contributed by atoms with van der Waals surface area (Å²) in [5, 5.41) is 9.05. The van der Waals surface area contributed by atoms with E-state index in [1.165, 1.54) is 6.26 Å². The van der Waals surface area contributed by atoms with Crippen LogP contribution in [0.3, 0.4) is 0 Å². The van der Waals surface area contributed by atoms with Crippen LogP contribution in [0.15, 0.2) is 33.4 Å². The number of anilines is 1. The van der Waals surface area contributed by atoms with E-state index in [2.05, 4.69) is 20.8 Å². The number of hydrogen-bond donors (Lipinski definition) is 2. The molecule has 0 spiro atoms. The van der Waals surface area contributed by atoms with Gasteiger partial charge in [0.1, 0.15) is 12.0 Å². The molecule has 4 rings (SSSR count). The molecule has 0 atom stereocenters. The molecule has 3 heterocycles. The number of hydrogen-bond acceptors (Lipinski definition) is 8. The van der Waals surface area contributed by atoms with Gasteiger partial charge in [-0.1, -0.05) is 11.2 Å². The number of carbonyl (C=O) groups excluding carboxylic acids is 2. The van der Waals surface area contributed by atoms with Gasteiger partial charge in [0.15, 0.2) is 17.2 Å². The molecule has 10 nitrogen and oxygen atoms in total. The molecule has 29 heavy (non-hydrogen) atoms. The van der Waals surface area contributed by atoms with Crippen LogP contribution in [0.5, 0.6) is 11.5 Å². The van der Waals surface area contributed by atoms with Crippen LogP contribution in [0.25, 0.3) is 0 Å². The zero-order chi connectivity index (χ0) is 20.4. The zero-order valence-electron chi connectivity index (χ0n) is 15.8. The van der Waals surface area contributed by atoms with E-state index in [4.69, 9.17) is 18.4 Å². The molecule has 1 aliphatic rings. The molecule has 0 aliphatic carbocycles. The molecule has 3 aromatic rings. The molecule has 0 saturated heterocycles. The number of nitrogens with one attached hydrogen (secondary N) is 2. The highest BCUT2D eigenvalue weighted by molar-refractivity contribution is 5.94. The molecule has 2 aromatic heterocycles. The van der Waals surface area contributed by atoms with E-state index in [9.17, 15) is 9.59 Å². The predicted octanol–water partition coefficient (Wildman–Crippen LogP) is 2.12. The van der Waals surface area contributed by atoms with E-state index in [0.717, 1.165) is 5.56 Å². The Morgan fingerprint density at radius 3 is 2.79 bits per heavy atom. The summed E-state index contributed by atoms with van der Waals surface area (Å²) in [6.45, 7) is 3.95. The first kappa shape index (κ1) is 18.5. The van der Waals surface area contributed by atoms with E-state index in [1.807, 2.05) is 6.07 Å².